The van der Waals surface area contributed by atoms with Crippen molar-refractivity contribution in [1.82, 2.24) is 0 Å². The van der Waals surface area contributed by atoms with Crippen LogP contribution in [-0.4, -0.2) is 47.6 Å². The topological polar surface area (TPSA) is 27.7 Å². The second-order valence-corrected chi connectivity index (χ2v) is 12.7. The first-order chi connectivity index (χ1) is 13.4. The molecule has 1 unspecified atom stereocenters. The largest absolute Gasteiger partial charge is 0.405 e. The zero-order chi connectivity index (χ0) is 20.2. The van der Waals surface area contributed by atoms with Gasteiger partial charge in [-0.3, -0.25) is 0 Å². The maximum atomic E-state index is 6.95. The summed E-state index contributed by atoms with van der Waals surface area (Å²) >= 11 is 0. The minimum Gasteiger partial charge on any atom is -0.405 e. The van der Waals surface area contributed by atoms with Crippen LogP contribution in [0.1, 0.15) is 34.1 Å². The number of benzene rings is 2. The molecule has 1 heterocycles. The van der Waals surface area contributed by atoms with Crippen LogP contribution in [0, 0.1) is 0 Å². The van der Waals surface area contributed by atoms with Crippen LogP contribution < -0.4 is 10.4 Å². The van der Waals surface area contributed by atoms with Gasteiger partial charge in [-0.25, -0.2) is 0 Å². The van der Waals surface area contributed by atoms with E-state index in [4.69, 9.17) is 21.7 Å². The van der Waals surface area contributed by atoms with Crippen LogP contribution in [0.4, 0.5) is 0 Å². The molecule has 28 heavy (non-hydrogen) atoms. The predicted molar refractivity (Wildman–Crippen MR) is 118 cm³/mol. The molecule has 148 valence electrons. The van der Waals surface area contributed by atoms with E-state index >= 15 is 0 Å². The molecule has 3 nitrogen and oxygen atoms in total. The maximum Gasteiger partial charge on any atom is 0.261 e. The highest BCUT2D eigenvalue weighted by atomic mass is 28.4. The maximum absolute atomic E-state index is 6.95. The Balaban J connectivity index is 1.99. The van der Waals surface area contributed by atoms with Crippen LogP contribution in [0.3, 0.4) is 0 Å². The lowest BCUT2D eigenvalue weighted by molar-refractivity contribution is -0.0304. The minimum absolute atomic E-state index is 0.0155. The van der Waals surface area contributed by atoms with Crippen molar-refractivity contribution in [3.8, 4) is 0 Å². The van der Waals surface area contributed by atoms with E-state index in [1.165, 1.54) is 10.4 Å². The smallest absolute Gasteiger partial charge is 0.261 e. The van der Waals surface area contributed by atoms with Gasteiger partial charge in [0.2, 0.25) is 0 Å². The van der Waals surface area contributed by atoms with Crippen LogP contribution in [-0.2, 0) is 13.9 Å². The van der Waals surface area contributed by atoms with E-state index in [0.29, 0.717) is 19.6 Å². The first kappa shape index (κ1) is 21.3. The average molecular weight is 394 g/mol. The normalized spacial score (nSPS) is 23.1. The van der Waals surface area contributed by atoms with Gasteiger partial charge in [0.1, 0.15) is 14.0 Å². The minimum atomic E-state index is -2.57. The van der Waals surface area contributed by atoms with Crippen molar-refractivity contribution in [3.05, 3.63) is 60.7 Å². The van der Waals surface area contributed by atoms with E-state index in [2.05, 4.69) is 81.4 Å². The molecule has 0 saturated carbocycles. The lowest BCUT2D eigenvalue weighted by Crippen LogP contribution is -2.67. The van der Waals surface area contributed by atoms with Gasteiger partial charge in [0, 0.05) is 12.6 Å². The summed E-state index contributed by atoms with van der Waals surface area (Å²) in [5.74, 6) is 0. The molecule has 0 aliphatic carbocycles. The zero-order valence-corrected chi connectivity index (χ0v) is 18.4. The highest BCUT2D eigenvalue weighted by molar-refractivity contribution is 6.99. The summed E-state index contributed by atoms with van der Waals surface area (Å²) in [6.07, 6.45) is 0.553. The summed E-state index contributed by atoms with van der Waals surface area (Å²) in [5.41, 5.74) is 0. The predicted octanol–water partition coefficient (Wildman–Crippen LogP) is 3.25. The number of hydrogen-bond donors (Lipinski definition) is 0. The van der Waals surface area contributed by atoms with Crippen LogP contribution in [0.25, 0.3) is 0 Å². The van der Waals surface area contributed by atoms with Crippen molar-refractivity contribution >= 4 is 26.5 Å². The molecule has 3 rings (SSSR count). The number of rotatable bonds is 7. The fourth-order valence-corrected chi connectivity index (χ4v) is 8.82. The van der Waals surface area contributed by atoms with Gasteiger partial charge in [-0.2, -0.15) is 0 Å². The van der Waals surface area contributed by atoms with Gasteiger partial charge in [-0.1, -0.05) is 81.4 Å². The molecule has 0 bridgehead atoms. The number of ether oxygens (including phenoxy) is 2. The van der Waals surface area contributed by atoms with Crippen molar-refractivity contribution in [2.45, 2.75) is 57.4 Å². The molecule has 1 fully saturated rings. The average Bonchev–Trinajstić information content (AvgIpc) is 3.02. The highest BCUT2D eigenvalue weighted by Crippen LogP contribution is 2.37. The van der Waals surface area contributed by atoms with Crippen LogP contribution in [0.15, 0.2) is 60.7 Å². The summed E-state index contributed by atoms with van der Waals surface area (Å²) in [5, 5.41) is 2.48. The van der Waals surface area contributed by atoms with Gasteiger partial charge in [0.25, 0.3) is 8.32 Å². The fourth-order valence-electron chi connectivity index (χ4n) is 4.25. The van der Waals surface area contributed by atoms with E-state index in [1.54, 1.807) is 0 Å². The van der Waals surface area contributed by atoms with Crippen molar-refractivity contribution in [2.75, 3.05) is 13.2 Å². The van der Waals surface area contributed by atoms with Crippen molar-refractivity contribution in [1.29, 1.82) is 0 Å². The standard InChI is InChI=1S/C23H31BO3Si/c1-5-25-20-16-22(24)27-21(20)17-26-28(23(2,3)4,18-12-8-6-9-13-18)19-14-10-7-11-15-19/h6-15,20-22H,5,16-17H2,1-4H3/t20?,21-,22-/m1/s1. The highest BCUT2D eigenvalue weighted by Gasteiger charge is 2.51. The van der Waals surface area contributed by atoms with Crippen molar-refractivity contribution in [2.24, 2.45) is 0 Å². The zero-order valence-electron chi connectivity index (χ0n) is 17.4. The third-order valence-corrected chi connectivity index (χ3v) is 10.5. The van der Waals surface area contributed by atoms with Crippen LogP contribution >= 0.6 is 0 Å². The second-order valence-electron chi connectivity index (χ2n) is 8.42. The SMILES string of the molecule is [B][C@H]1CC(OCC)[C@@H](CO[Si](c2ccccc2)(c2ccccc2)C(C)(C)C)O1. The Morgan fingerprint density at radius 3 is 2.00 bits per heavy atom. The Hall–Kier alpha value is -1.40. The first-order valence-electron chi connectivity index (χ1n) is 10.2. The number of hydrogen-bond acceptors (Lipinski definition) is 3. The van der Waals surface area contributed by atoms with E-state index < -0.39 is 8.32 Å². The van der Waals surface area contributed by atoms with E-state index in [9.17, 15) is 0 Å². The molecule has 0 N–H and O–H groups in total. The summed E-state index contributed by atoms with van der Waals surface area (Å²) in [4.78, 5) is 0. The molecule has 2 aromatic carbocycles. The third kappa shape index (κ3) is 4.28. The molecular formula is C23H31BO3Si. The first-order valence-corrected chi connectivity index (χ1v) is 12.1. The van der Waals surface area contributed by atoms with Crippen molar-refractivity contribution < 1.29 is 13.9 Å². The Bertz CT molecular complexity index is 693. The Labute approximate surface area is 171 Å². The summed E-state index contributed by atoms with van der Waals surface area (Å²) in [7, 11) is 3.48. The molecule has 2 radical (unpaired) electrons. The fraction of sp³-hybridized carbons (Fsp3) is 0.478. The summed E-state index contributed by atoms with van der Waals surface area (Å²) < 4.78 is 18.8. The van der Waals surface area contributed by atoms with E-state index in [-0.39, 0.29) is 23.2 Å². The molecular weight excluding hydrogens is 363 g/mol. The molecule has 3 atom stereocenters. The monoisotopic (exact) mass is 394 g/mol. The van der Waals surface area contributed by atoms with Gasteiger partial charge >= 0.3 is 0 Å². The molecule has 0 spiro atoms. The molecule has 1 aliphatic rings. The quantitative estimate of drug-likeness (QED) is 0.675. The summed E-state index contributed by atoms with van der Waals surface area (Å²) in [6.45, 7) is 9.97. The van der Waals surface area contributed by atoms with Crippen LogP contribution in [0.2, 0.25) is 5.04 Å². The van der Waals surface area contributed by atoms with Gasteiger partial charge in [-0.05, 0) is 28.8 Å². The van der Waals surface area contributed by atoms with Gasteiger partial charge in [0.15, 0.2) is 0 Å². The molecule has 0 amide bonds. The summed E-state index contributed by atoms with van der Waals surface area (Å²) in [6, 6.07) is 21.0. The molecule has 5 heteroatoms. The molecule has 2 aromatic rings. The van der Waals surface area contributed by atoms with Gasteiger partial charge < -0.3 is 13.9 Å². The third-order valence-electron chi connectivity index (χ3n) is 5.49. The van der Waals surface area contributed by atoms with Crippen LogP contribution in [0.5, 0.6) is 0 Å². The Kier molecular flexibility index (Phi) is 6.82. The molecule has 0 aromatic heterocycles. The second kappa shape index (κ2) is 8.95. The van der Waals surface area contributed by atoms with E-state index in [0.717, 1.165) is 0 Å². The van der Waals surface area contributed by atoms with Gasteiger partial charge in [-0.15, -0.1) is 0 Å². The lowest BCUT2D eigenvalue weighted by Gasteiger charge is -2.43. The van der Waals surface area contributed by atoms with Gasteiger partial charge in [0.05, 0.1) is 12.7 Å². The van der Waals surface area contributed by atoms with E-state index in [1.807, 2.05) is 6.92 Å². The Morgan fingerprint density at radius 2 is 1.54 bits per heavy atom. The van der Waals surface area contributed by atoms with Crippen molar-refractivity contribution in [3.63, 3.8) is 0 Å². The molecule has 1 saturated heterocycles. The lowest BCUT2D eigenvalue weighted by atomic mass is 9.96. The Morgan fingerprint density at radius 1 is 1.00 bits per heavy atom. The molecule has 1 aliphatic heterocycles.